The van der Waals surface area contributed by atoms with Crippen molar-refractivity contribution in [2.24, 2.45) is 0 Å². The Morgan fingerprint density at radius 1 is 1.26 bits per heavy atom. The van der Waals surface area contributed by atoms with Crippen molar-refractivity contribution in [3.63, 3.8) is 0 Å². The molecule has 0 aliphatic carbocycles. The van der Waals surface area contributed by atoms with Crippen LogP contribution in [0.1, 0.15) is 35.7 Å². The number of phosphoric acid groups is 1. The third kappa shape index (κ3) is 7.72. The van der Waals surface area contributed by atoms with E-state index in [0.717, 1.165) is 0 Å². The summed E-state index contributed by atoms with van der Waals surface area (Å²) >= 11 is 0. The fraction of sp³-hybridized carbons (Fsp3) is 0.533. The van der Waals surface area contributed by atoms with Crippen molar-refractivity contribution in [3.05, 3.63) is 35.4 Å². The molecule has 0 aliphatic heterocycles. The molecule has 0 bridgehead atoms. The van der Waals surface area contributed by atoms with Crippen LogP contribution < -0.4 is 5.32 Å². The number of nitrogens with zero attached hydrogens (tertiary/aromatic N) is 1. The van der Waals surface area contributed by atoms with E-state index >= 15 is 0 Å². The fourth-order valence-corrected chi connectivity index (χ4v) is 2.35. The lowest BCUT2D eigenvalue weighted by atomic mass is 10.0. The second-order valence-corrected chi connectivity index (χ2v) is 7.68. The van der Waals surface area contributed by atoms with Crippen LogP contribution in [0.2, 0.25) is 0 Å². The molecule has 0 saturated carbocycles. The molecule has 3 N–H and O–H groups in total. The standard InChI is InChI=1S/C15H25N2O5P/c1-12(2)13-5-7-14(8-6-13)15(18)16-9-10-17(3,4)11-22-23(19,20)21/h5-8,12H,9-11H2,1-4H3,(H2-,16,18,19,20,21)/p+1. The first kappa shape index (κ1) is 19.8. The number of rotatable bonds is 8. The number of carbonyl (C=O) groups excluding carboxylic acids is 1. The minimum absolute atomic E-state index is 0.136. The largest absolute Gasteiger partial charge is 0.474 e. The van der Waals surface area contributed by atoms with E-state index in [0.29, 0.717) is 24.6 Å². The van der Waals surface area contributed by atoms with Crippen molar-refractivity contribution in [2.75, 3.05) is 33.9 Å². The summed E-state index contributed by atoms with van der Waals surface area (Å²) < 4.78 is 15.4. The Hall–Kier alpha value is -1.24. The predicted molar refractivity (Wildman–Crippen MR) is 87.8 cm³/mol. The van der Waals surface area contributed by atoms with Crippen molar-refractivity contribution in [1.29, 1.82) is 0 Å². The number of likely N-dealkylation sites (N-methyl/N-ethyl adjacent to an activating group) is 1. The van der Waals surface area contributed by atoms with Crippen LogP contribution in [-0.2, 0) is 9.09 Å². The van der Waals surface area contributed by atoms with Gasteiger partial charge in [0, 0.05) is 5.56 Å². The second kappa shape index (κ2) is 8.04. The number of hydrogen-bond acceptors (Lipinski definition) is 3. The van der Waals surface area contributed by atoms with Gasteiger partial charge in [-0.3, -0.25) is 4.79 Å². The van der Waals surface area contributed by atoms with Crippen LogP contribution >= 0.6 is 7.82 Å². The van der Waals surface area contributed by atoms with Crippen LogP contribution in [-0.4, -0.2) is 54.1 Å². The van der Waals surface area contributed by atoms with Gasteiger partial charge in [0.1, 0.15) is 0 Å². The highest BCUT2D eigenvalue weighted by atomic mass is 31.2. The maximum atomic E-state index is 12.1. The van der Waals surface area contributed by atoms with Crippen molar-refractivity contribution < 1.29 is 28.2 Å². The molecule has 0 aliphatic rings. The Labute approximate surface area is 137 Å². The Bertz CT molecular complexity index is 566. The summed E-state index contributed by atoms with van der Waals surface area (Å²) in [4.78, 5) is 29.5. The third-order valence-electron chi connectivity index (χ3n) is 3.42. The number of quaternary nitrogens is 1. The molecule has 7 nitrogen and oxygen atoms in total. The van der Waals surface area contributed by atoms with Gasteiger partial charge in [0.15, 0.2) is 6.73 Å². The first-order chi connectivity index (χ1) is 10.5. The zero-order valence-corrected chi connectivity index (χ0v) is 14.9. The maximum Gasteiger partial charge on any atom is 0.474 e. The molecule has 130 valence electrons. The van der Waals surface area contributed by atoms with Crippen LogP contribution in [0.5, 0.6) is 0 Å². The number of benzene rings is 1. The quantitative estimate of drug-likeness (QED) is 0.378. The highest BCUT2D eigenvalue weighted by Gasteiger charge is 2.22. The normalized spacial score (nSPS) is 12.5. The highest BCUT2D eigenvalue weighted by Crippen LogP contribution is 2.36. The lowest BCUT2D eigenvalue weighted by Gasteiger charge is -2.29. The van der Waals surface area contributed by atoms with Gasteiger partial charge in [-0.1, -0.05) is 26.0 Å². The predicted octanol–water partition coefficient (Wildman–Crippen LogP) is 1.68. The molecular formula is C15H26N2O5P+. The molecule has 1 aromatic rings. The molecule has 0 spiro atoms. The minimum Gasteiger partial charge on any atom is -0.346 e. The second-order valence-electron chi connectivity index (χ2n) is 6.44. The summed E-state index contributed by atoms with van der Waals surface area (Å²) in [6, 6.07) is 7.46. The zero-order chi connectivity index (χ0) is 17.7. The summed E-state index contributed by atoms with van der Waals surface area (Å²) in [5, 5.41) is 2.80. The van der Waals surface area contributed by atoms with E-state index in [1.54, 1.807) is 26.2 Å². The fourth-order valence-electron chi connectivity index (χ4n) is 1.89. The highest BCUT2D eigenvalue weighted by molar-refractivity contribution is 7.46. The third-order valence-corrected chi connectivity index (χ3v) is 3.87. The van der Waals surface area contributed by atoms with Gasteiger partial charge in [-0.2, -0.15) is 0 Å². The molecule has 8 heteroatoms. The van der Waals surface area contributed by atoms with E-state index < -0.39 is 7.82 Å². The van der Waals surface area contributed by atoms with Crippen LogP contribution in [0.15, 0.2) is 24.3 Å². The Balaban J connectivity index is 2.45. The van der Waals surface area contributed by atoms with Gasteiger partial charge >= 0.3 is 7.82 Å². The number of hydrogen-bond donors (Lipinski definition) is 3. The molecule has 1 aromatic carbocycles. The average Bonchev–Trinajstić information content (AvgIpc) is 2.44. The van der Waals surface area contributed by atoms with Crippen LogP contribution in [0.3, 0.4) is 0 Å². The van der Waals surface area contributed by atoms with Crippen LogP contribution in [0.25, 0.3) is 0 Å². The van der Waals surface area contributed by atoms with Crippen molar-refractivity contribution in [1.82, 2.24) is 5.32 Å². The summed E-state index contributed by atoms with van der Waals surface area (Å²) in [6.07, 6.45) is 0. The summed E-state index contributed by atoms with van der Waals surface area (Å²) in [6.45, 7) is 4.91. The van der Waals surface area contributed by atoms with Gasteiger partial charge in [0.25, 0.3) is 5.91 Å². The van der Waals surface area contributed by atoms with Gasteiger partial charge in [-0.25, -0.2) is 9.09 Å². The number of nitrogens with one attached hydrogen (secondary N) is 1. The van der Waals surface area contributed by atoms with E-state index in [-0.39, 0.29) is 17.1 Å². The van der Waals surface area contributed by atoms with Gasteiger partial charge in [-0.15, -0.1) is 0 Å². The molecule has 0 fully saturated rings. The number of amides is 1. The average molecular weight is 345 g/mol. The van der Waals surface area contributed by atoms with Gasteiger partial charge < -0.3 is 19.6 Å². The van der Waals surface area contributed by atoms with Gasteiger partial charge in [0.2, 0.25) is 0 Å². The van der Waals surface area contributed by atoms with E-state index in [4.69, 9.17) is 9.79 Å². The topological polar surface area (TPSA) is 95.9 Å². The zero-order valence-electron chi connectivity index (χ0n) is 14.0. The molecule has 0 saturated heterocycles. The lowest BCUT2D eigenvalue weighted by Crippen LogP contribution is -2.46. The van der Waals surface area contributed by atoms with E-state index in [1.165, 1.54) is 5.56 Å². The summed E-state index contributed by atoms with van der Waals surface area (Å²) in [5.74, 6) is 0.246. The van der Waals surface area contributed by atoms with E-state index in [1.807, 2.05) is 12.1 Å². The van der Waals surface area contributed by atoms with Crippen molar-refractivity contribution in [2.45, 2.75) is 19.8 Å². The lowest BCUT2D eigenvalue weighted by molar-refractivity contribution is -0.905. The molecule has 1 amide bonds. The molecule has 0 radical (unpaired) electrons. The maximum absolute atomic E-state index is 12.1. The van der Waals surface area contributed by atoms with Gasteiger partial charge in [0.05, 0.1) is 27.2 Å². The Morgan fingerprint density at radius 3 is 2.30 bits per heavy atom. The van der Waals surface area contributed by atoms with E-state index in [2.05, 4.69) is 23.7 Å². The number of phosphoric ester groups is 1. The van der Waals surface area contributed by atoms with Crippen molar-refractivity contribution in [3.8, 4) is 0 Å². The van der Waals surface area contributed by atoms with Crippen molar-refractivity contribution >= 4 is 13.7 Å². The Kier molecular flexibility index (Phi) is 6.92. The summed E-state index contributed by atoms with van der Waals surface area (Å²) in [5.41, 5.74) is 1.76. The smallest absolute Gasteiger partial charge is 0.346 e. The van der Waals surface area contributed by atoms with Gasteiger partial charge in [-0.05, 0) is 23.6 Å². The van der Waals surface area contributed by atoms with E-state index in [9.17, 15) is 9.36 Å². The number of carbonyl (C=O) groups is 1. The molecule has 0 atom stereocenters. The first-order valence-corrected chi connectivity index (χ1v) is 8.93. The van der Waals surface area contributed by atoms with Crippen LogP contribution in [0.4, 0.5) is 0 Å². The first-order valence-electron chi connectivity index (χ1n) is 7.40. The molecule has 0 heterocycles. The minimum atomic E-state index is -4.48. The molecular weight excluding hydrogens is 319 g/mol. The summed E-state index contributed by atoms with van der Waals surface area (Å²) in [7, 11) is -0.951. The molecule has 0 unspecified atom stereocenters. The molecule has 1 rings (SSSR count). The molecule has 0 aromatic heterocycles. The molecule has 23 heavy (non-hydrogen) atoms. The Morgan fingerprint density at radius 2 is 1.83 bits per heavy atom. The monoisotopic (exact) mass is 345 g/mol. The SMILES string of the molecule is CC(C)c1ccc(C(=O)NCC[N+](C)(C)COP(=O)(O)O)cc1. The van der Waals surface area contributed by atoms with Crippen LogP contribution in [0, 0.1) is 0 Å².